The molecular weight excluding hydrogens is 196 g/mol. The molecule has 1 N–H and O–H groups in total. The Labute approximate surface area is 98.7 Å². The highest BCUT2D eigenvalue weighted by Crippen LogP contribution is 2.27. The second-order valence-electron chi connectivity index (χ2n) is 5.20. The summed E-state index contributed by atoms with van der Waals surface area (Å²) in [6.07, 6.45) is 4.00. The summed E-state index contributed by atoms with van der Waals surface area (Å²) >= 11 is 0. The van der Waals surface area contributed by atoms with Crippen LogP contribution in [0.1, 0.15) is 26.2 Å². The molecule has 16 heavy (non-hydrogen) atoms. The molecule has 2 atom stereocenters. The Morgan fingerprint density at radius 3 is 2.31 bits per heavy atom. The van der Waals surface area contributed by atoms with Crippen LogP contribution >= 0.6 is 0 Å². The molecule has 1 fully saturated rings. The summed E-state index contributed by atoms with van der Waals surface area (Å²) < 4.78 is 0. The minimum Gasteiger partial charge on any atom is -0.382 e. The van der Waals surface area contributed by atoms with Crippen molar-refractivity contribution >= 4 is 11.4 Å². The Morgan fingerprint density at radius 2 is 1.81 bits per heavy atom. The maximum absolute atomic E-state index is 3.62. The van der Waals surface area contributed by atoms with Crippen LogP contribution in [0.15, 0.2) is 24.3 Å². The van der Waals surface area contributed by atoms with Gasteiger partial charge in [0.1, 0.15) is 0 Å². The fourth-order valence-electron chi connectivity index (χ4n) is 2.43. The Kier molecular flexibility index (Phi) is 3.37. The molecule has 1 saturated carbocycles. The molecule has 2 unspecified atom stereocenters. The summed E-state index contributed by atoms with van der Waals surface area (Å²) in [4.78, 5) is 2.13. The first-order valence-corrected chi connectivity index (χ1v) is 6.19. The second kappa shape index (κ2) is 4.77. The van der Waals surface area contributed by atoms with Crippen LogP contribution in [0.3, 0.4) is 0 Å². The molecule has 1 aliphatic carbocycles. The van der Waals surface area contributed by atoms with Gasteiger partial charge in [0.2, 0.25) is 0 Å². The van der Waals surface area contributed by atoms with Gasteiger partial charge in [-0.3, -0.25) is 0 Å². The van der Waals surface area contributed by atoms with E-state index in [4.69, 9.17) is 0 Å². The Morgan fingerprint density at radius 1 is 1.12 bits per heavy atom. The van der Waals surface area contributed by atoms with Gasteiger partial charge in [0, 0.05) is 31.5 Å². The number of rotatable bonds is 3. The first-order chi connectivity index (χ1) is 7.65. The molecule has 0 aliphatic heterocycles. The Bertz CT molecular complexity index is 329. The molecule has 1 aromatic carbocycles. The van der Waals surface area contributed by atoms with Gasteiger partial charge in [0.15, 0.2) is 0 Å². The summed E-state index contributed by atoms with van der Waals surface area (Å²) in [6, 6.07) is 9.37. The van der Waals surface area contributed by atoms with Crippen molar-refractivity contribution in [2.75, 3.05) is 24.3 Å². The minimum atomic E-state index is 0.681. The average Bonchev–Trinajstić information content (AvgIpc) is 2.65. The molecule has 0 bridgehead atoms. The van der Waals surface area contributed by atoms with Gasteiger partial charge < -0.3 is 10.2 Å². The van der Waals surface area contributed by atoms with Crippen molar-refractivity contribution in [3.05, 3.63) is 24.3 Å². The number of nitrogens with one attached hydrogen (secondary N) is 1. The number of nitrogens with zero attached hydrogens (tertiary/aromatic N) is 1. The number of benzene rings is 1. The van der Waals surface area contributed by atoms with Crippen molar-refractivity contribution in [3.63, 3.8) is 0 Å². The van der Waals surface area contributed by atoms with E-state index in [0.29, 0.717) is 6.04 Å². The lowest BCUT2D eigenvalue weighted by Crippen LogP contribution is -2.15. The highest BCUT2D eigenvalue weighted by atomic mass is 15.1. The van der Waals surface area contributed by atoms with E-state index in [1.165, 1.54) is 30.6 Å². The van der Waals surface area contributed by atoms with Crippen LogP contribution in [0.5, 0.6) is 0 Å². The first kappa shape index (κ1) is 11.3. The second-order valence-corrected chi connectivity index (χ2v) is 5.20. The van der Waals surface area contributed by atoms with Crippen LogP contribution in [-0.4, -0.2) is 20.1 Å². The summed E-state index contributed by atoms with van der Waals surface area (Å²) in [5.74, 6) is 0.888. The highest BCUT2D eigenvalue weighted by Gasteiger charge is 2.20. The van der Waals surface area contributed by atoms with Crippen molar-refractivity contribution in [2.24, 2.45) is 5.92 Å². The van der Waals surface area contributed by atoms with E-state index < -0.39 is 0 Å². The van der Waals surface area contributed by atoms with Gasteiger partial charge in [-0.1, -0.05) is 6.92 Å². The van der Waals surface area contributed by atoms with E-state index in [1.54, 1.807) is 0 Å². The highest BCUT2D eigenvalue weighted by molar-refractivity contribution is 5.54. The molecule has 88 valence electrons. The van der Waals surface area contributed by atoms with Crippen molar-refractivity contribution < 1.29 is 0 Å². The SMILES string of the molecule is CC1CCC(Nc2ccc(N(C)C)cc2)C1. The predicted molar refractivity (Wildman–Crippen MR) is 71.2 cm³/mol. The van der Waals surface area contributed by atoms with Crippen molar-refractivity contribution in [1.29, 1.82) is 0 Å². The lowest BCUT2D eigenvalue weighted by molar-refractivity contribution is 0.602. The molecular formula is C14H22N2. The molecule has 1 aliphatic rings. The summed E-state index contributed by atoms with van der Waals surface area (Å²) in [5, 5.41) is 3.62. The van der Waals surface area contributed by atoms with Gasteiger partial charge in [0.05, 0.1) is 0 Å². The maximum atomic E-state index is 3.62. The molecule has 0 heterocycles. The lowest BCUT2D eigenvalue weighted by atomic mass is 10.1. The molecule has 0 aromatic heterocycles. The Hall–Kier alpha value is -1.18. The van der Waals surface area contributed by atoms with Gasteiger partial charge in [-0.25, -0.2) is 0 Å². The van der Waals surface area contributed by atoms with Crippen LogP contribution in [0.4, 0.5) is 11.4 Å². The standard InChI is InChI=1S/C14H22N2/c1-11-4-5-13(10-11)15-12-6-8-14(9-7-12)16(2)3/h6-9,11,13,15H,4-5,10H2,1-3H3. The molecule has 0 radical (unpaired) electrons. The van der Waals surface area contributed by atoms with Crippen LogP contribution in [0.25, 0.3) is 0 Å². The molecule has 0 amide bonds. The number of hydrogen-bond acceptors (Lipinski definition) is 2. The zero-order valence-electron chi connectivity index (χ0n) is 10.5. The molecule has 1 aromatic rings. The van der Waals surface area contributed by atoms with Crippen molar-refractivity contribution in [3.8, 4) is 0 Å². The normalized spacial score (nSPS) is 24.4. The molecule has 2 nitrogen and oxygen atoms in total. The molecule has 0 saturated heterocycles. The molecule has 2 rings (SSSR count). The van der Waals surface area contributed by atoms with Crippen molar-refractivity contribution in [2.45, 2.75) is 32.2 Å². The third-order valence-corrected chi connectivity index (χ3v) is 3.45. The summed E-state index contributed by atoms with van der Waals surface area (Å²) in [6.45, 7) is 2.34. The molecule has 2 heteroatoms. The summed E-state index contributed by atoms with van der Waals surface area (Å²) in [7, 11) is 4.14. The van der Waals surface area contributed by atoms with E-state index in [9.17, 15) is 0 Å². The fourth-order valence-corrected chi connectivity index (χ4v) is 2.43. The zero-order chi connectivity index (χ0) is 11.5. The van der Waals surface area contributed by atoms with Gasteiger partial charge in [-0.05, 0) is 49.4 Å². The van der Waals surface area contributed by atoms with Crippen LogP contribution in [-0.2, 0) is 0 Å². The monoisotopic (exact) mass is 218 g/mol. The largest absolute Gasteiger partial charge is 0.382 e. The van der Waals surface area contributed by atoms with Crippen LogP contribution in [0, 0.1) is 5.92 Å². The van der Waals surface area contributed by atoms with E-state index in [2.05, 4.69) is 55.5 Å². The minimum absolute atomic E-state index is 0.681. The quantitative estimate of drug-likeness (QED) is 0.837. The smallest absolute Gasteiger partial charge is 0.0362 e. The average molecular weight is 218 g/mol. The number of hydrogen-bond donors (Lipinski definition) is 1. The Balaban J connectivity index is 1.95. The zero-order valence-corrected chi connectivity index (χ0v) is 10.5. The fraction of sp³-hybridized carbons (Fsp3) is 0.571. The van der Waals surface area contributed by atoms with E-state index in [0.717, 1.165) is 5.92 Å². The van der Waals surface area contributed by atoms with Gasteiger partial charge in [-0.15, -0.1) is 0 Å². The topological polar surface area (TPSA) is 15.3 Å². The maximum Gasteiger partial charge on any atom is 0.0362 e. The van der Waals surface area contributed by atoms with E-state index in [-0.39, 0.29) is 0 Å². The van der Waals surface area contributed by atoms with Gasteiger partial charge in [-0.2, -0.15) is 0 Å². The van der Waals surface area contributed by atoms with Crippen LogP contribution < -0.4 is 10.2 Å². The molecule has 0 spiro atoms. The van der Waals surface area contributed by atoms with Crippen molar-refractivity contribution in [1.82, 2.24) is 0 Å². The van der Waals surface area contributed by atoms with E-state index >= 15 is 0 Å². The number of anilines is 2. The van der Waals surface area contributed by atoms with E-state index in [1.807, 2.05) is 0 Å². The predicted octanol–water partition coefficient (Wildman–Crippen LogP) is 3.35. The van der Waals surface area contributed by atoms with Crippen LogP contribution in [0.2, 0.25) is 0 Å². The van der Waals surface area contributed by atoms with Gasteiger partial charge in [0.25, 0.3) is 0 Å². The van der Waals surface area contributed by atoms with Gasteiger partial charge >= 0.3 is 0 Å². The lowest BCUT2D eigenvalue weighted by Gasteiger charge is -2.16. The third kappa shape index (κ3) is 2.69. The first-order valence-electron chi connectivity index (χ1n) is 6.19. The summed E-state index contributed by atoms with van der Waals surface area (Å²) in [5.41, 5.74) is 2.51. The third-order valence-electron chi connectivity index (χ3n) is 3.45.